The quantitative estimate of drug-likeness (QED) is 0.732. The number of rotatable bonds is 4. The number of hydrogen-bond acceptors (Lipinski definition) is 5. The Balaban J connectivity index is 2.52. The van der Waals surface area contributed by atoms with E-state index in [0.29, 0.717) is 12.6 Å². The number of anilines is 1. The summed E-state index contributed by atoms with van der Waals surface area (Å²) in [6, 6.07) is 0.121. The lowest BCUT2D eigenvalue weighted by Gasteiger charge is -2.27. The van der Waals surface area contributed by atoms with Gasteiger partial charge in [0.05, 0.1) is 17.4 Å². The molecule has 2 heterocycles. The minimum atomic E-state index is -5.14. The van der Waals surface area contributed by atoms with Gasteiger partial charge in [-0.05, 0) is 6.07 Å². The molecular weight excluding hydrogens is 387 g/mol. The molecule has 0 saturated heterocycles. The van der Waals surface area contributed by atoms with Crippen LogP contribution in [-0.4, -0.2) is 40.6 Å². The van der Waals surface area contributed by atoms with Crippen molar-refractivity contribution >= 4 is 5.69 Å². The zero-order valence-corrected chi connectivity index (χ0v) is 12.2. The molecule has 0 unspecified atom stereocenters. The molecule has 0 amide bonds. The predicted octanol–water partition coefficient (Wildman–Crippen LogP) is 4.08. The Bertz CT molecular complexity index is 721. The van der Waals surface area contributed by atoms with Crippen molar-refractivity contribution in [2.45, 2.75) is 18.5 Å². The molecule has 0 aliphatic rings. The number of nitrogens with zero attached hydrogens (tertiary/aromatic N) is 4. The number of hydrogen-bond donors (Lipinski definition) is 0. The van der Waals surface area contributed by atoms with E-state index in [0.717, 1.165) is 0 Å². The summed E-state index contributed by atoms with van der Waals surface area (Å²) in [6.07, 6.45) is -14.2. The van der Waals surface area contributed by atoms with Crippen molar-refractivity contribution in [2.24, 2.45) is 0 Å². The molecule has 26 heavy (non-hydrogen) atoms. The van der Waals surface area contributed by atoms with Crippen LogP contribution in [0.2, 0.25) is 0 Å². The standard InChI is InChI=1S/C12H7F9N4O/c13-10(14,15)3-25(4-11(16,17)18)6-1-7(12(19,20)21)8(22-2-6)9-23-5-26-24-9/h1-2,5H,3-4H2. The number of aromatic nitrogens is 3. The summed E-state index contributed by atoms with van der Waals surface area (Å²) in [7, 11) is 0. The second-order valence-corrected chi connectivity index (χ2v) is 4.93. The van der Waals surface area contributed by atoms with Gasteiger partial charge in [0.1, 0.15) is 18.8 Å². The Morgan fingerprint density at radius 3 is 1.88 bits per heavy atom. The highest BCUT2D eigenvalue weighted by molar-refractivity contribution is 5.61. The van der Waals surface area contributed by atoms with E-state index in [1.54, 1.807) is 0 Å². The van der Waals surface area contributed by atoms with Gasteiger partial charge in [0, 0.05) is 0 Å². The molecule has 0 spiro atoms. The molecule has 0 aliphatic carbocycles. The molecular formula is C12H7F9N4O. The van der Waals surface area contributed by atoms with Gasteiger partial charge in [0.15, 0.2) is 0 Å². The fourth-order valence-corrected chi connectivity index (χ4v) is 1.97. The highest BCUT2D eigenvalue weighted by atomic mass is 19.4. The molecule has 0 atom stereocenters. The molecule has 2 aromatic heterocycles. The highest BCUT2D eigenvalue weighted by Gasteiger charge is 2.40. The van der Waals surface area contributed by atoms with Crippen LogP contribution in [0, 0.1) is 0 Å². The Labute approximate surface area is 138 Å². The van der Waals surface area contributed by atoms with E-state index in [1.165, 1.54) is 0 Å². The molecule has 0 aliphatic heterocycles. The Morgan fingerprint density at radius 1 is 0.885 bits per heavy atom. The smallest absolute Gasteiger partial charge is 0.352 e. The van der Waals surface area contributed by atoms with Crippen molar-refractivity contribution in [3.63, 3.8) is 0 Å². The van der Waals surface area contributed by atoms with Gasteiger partial charge in [0.2, 0.25) is 12.2 Å². The van der Waals surface area contributed by atoms with E-state index in [9.17, 15) is 39.5 Å². The van der Waals surface area contributed by atoms with Crippen molar-refractivity contribution in [2.75, 3.05) is 18.0 Å². The first-order valence-electron chi connectivity index (χ1n) is 6.49. The van der Waals surface area contributed by atoms with Crippen LogP contribution >= 0.6 is 0 Å². The van der Waals surface area contributed by atoms with Crippen molar-refractivity contribution in [3.05, 3.63) is 24.2 Å². The molecule has 0 aromatic carbocycles. The lowest BCUT2D eigenvalue weighted by Crippen LogP contribution is -2.40. The zero-order chi connectivity index (χ0) is 19.8. The number of halogens is 9. The normalized spacial score (nSPS) is 13.1. The van der Waals surface area contributed by atoms with Gasteiger partial charge < -0.3 is 9.42 Å². The third-order valence-electron chi connectivity index (χ3n) is 2.86. The van der Waals surface area contributed by atoms with E-state index in [4.69, 9.17) is 0 Å². The van der Waals surface area contributed by atoms with E-state index < -0.39 is 54.4 Å². The summed E-state index contributed by atoms with van der Waals surface area (Å²) >= 11 is 0. The van der Waals surface area contributed by atoms with E-state index >= 15 is 0 Å². The first-order chi connectivity index (χ1) is 11.8. The first-order valence-corrected chi connectivity index (χ1v) is 6.49. The summed E-state index contributed by atoms with van der Waals surface area (Å²) in [5, 5.41) is 3.13. The lowest BCUT2D eigenvalue weighted by molar-refractivity contribution is -0.137. The minimum absolute atomic E-state index is 0.121. The van der Waals surface area contributed by atoms with E-state index in [1.807, 2.05) is 0 Å². The van der Waals surface area contributed by atoms with Crippen LogP contribution in [0.25, 0.3) is 11.5 Å². The number of pyridine rings is 1. The summed E-state index contributed by atoms with van der Waals surface area (Å²) in [4.78, 5) is 6.32. The topological polar surface area (TPSA) is 55.1 Å². The van der Waals surface area contributed by atoms with Crippen molar-refractivity contribution in [3.8, 4) is 11.5 Å². The summed E-state index contributed by atoms with van der Waals surface area (Å²) in [5.74, 6) is -0.623. The molecule has 2 rings (SSSR count). The van der Waals surface area contributed by atoms with Gasteiger partial charge >= 0.3 is 18.5 Å². The minimum Gasteiger partial charge on any atom is -0.352 e. The fraction of sp³-hybridized carbons (Fsp3) is 0.417. The van der Waals surface area contributed by atoms with Crippen LogP contribution in [0.4, 0.5) is 45.2 Å². The summed E-state index contributed by atoms with van der Waals surface area (Å²) in [6.45, 7) is -4.24. The maximum absolute atomic E-state index is 13.2. The maximum Gasteiger partial charge on any atom is 0.418 e. The average molecular weight is 394 g/mol. The lowest BCUT2D eigenvalue weighted by atomic mass is 10.1. The van der Waals surface area contributed by atoms with Gasteiger partial charge in [-0.1, -0.05) is 5.16 Å². The second-order valence-electron chi connectivity index (χ2n) is 4.93. The van der Waals surface area contributed by atoms with Crippen molar-refractivity contribution in [1.29, 1.82) is 0 Å². The largest absolute Gasteiger partial charge is 0.418 e. The molecule has 0 fully saturated rings. The zero-order valence-electron chi connectivity index (χ0n) is 12.2. The molecule has 5 nitrogen and oxygen atoms in total. The molecule has 0 N–H and O–H groups in total. The average Bonchev–Trinajstić information content (AvgIpc) is 2.96. The van der Waals surface area contributed by atoms with Crippen LogP contribution in [0.5, 0.6) is 0 Å². The molecule has 14 heteroatoms. The van der Waals surface area contributed by atoms with Gasteiger partial charge in [0.25, 0.3) is 0 Å². The van der Waals surface area contributed by atoms with Crippen LogP contribution in [0.3, 0.4) is 0 Å². The SMILES string of the molecule is FC(F)(F)CN(CC(F)(F)F)c1cnc(-c2ncon2)c(C(F)(F)F)c1. The molecule has 2 aromatic rings. The van der Waals surface area contributed by atoms with Crippen LogP contribution in [0.15, 0.2) is 23.2 Å². The first kappa shape index (κ1) is 19.8. The van der Waals surface area contributed by atoms with Gasteiger partial charge in [-0.3, -0.25) is 0 Å². The van der Waals surface area contributed by atoms with Crippen molar-refractivity contribution in [1.82, 2.24) is 15.1 Å². The Morgan fingerprint density at radius 2 is 1.46 bits per heavy atom. The van der Waals surface area contributed by atoms with Crippen LogP contribution in [-0.2, 0) is 6.18 Å². The molecule has 144 valence electrons. The monoisotopic (exact) mass is 394 g/mol. The van der Waals surface area contributed by atoms with Gasteiger partial charge in [-0.25, -0.2) is 4.98 Å². The predicted molar refractivity (Wildman–Crippen MR) is 66.9 cm³/mol. The second kappa shape index (κ2) is 6.64. The van der Waals surface area contributed by atoms with E-state index in [2.05, 4.69) is 19.6 Å². The third-order valence-corrected chi connectivity index (χ3v) is 2.86. The summed E-state index contributed by atoms with van der Waals surface area (Å²) < 4.78 is 119. The van der Waals surface area contributed by atoms with Crippen LogP contribution in [0.1, 0.15) is 5.56 Å². The number of alkyl halides is 9. The van der Waals surface area contributed by atoms with E-state index in [-0.39, 0.29) is 11.0 Å². The van der Waals surface area contributed by atoms with Crippen molar-refractivity contribution < 1.29 is 44.0 Å². The third kappa shape index (κ3) is 5.23. The molecule has 0 radical (unpaired) electrons. The van der Waals surface area contributed by atoms with Gasteiger partial charge in [-0.15, -0.1) is 0 Å². The van der Waals surface area contributed by atoms with Gasteiger partial charge in [-0.2, -0.15) is 44.5 Å². The Kier molecular flexibility index (Phi) is 5.05. The molecule has 0 saturated carbocycles. The highest BCUT2D eigenvalue weighted by Crippen LogP contribution is 2.37. The Hall–Kier alpha value is -2.54. The summed E-state index contributed by atoms with van der Waals surface area (Å²) in [5.41, 5.74) is -3.51. The van der Waals surface area contributed by atoms with Crippen LogP contribution < -0.4 is 4.90 Å². The molecule has 0 bridgehead atoms. The maximum atomic E-state index is 13.2. The fourth-order valence-electron chi connectivity index (χ4n) is 1.97.